The second kappa shape index (κ2) is 8.59. The maximum Gasteiger partial charge on any atom is 0.270 e. The Bertz CT molecular complexity index is 889. The molecule has 0 aliphatic carbocycles. The van der Waals surface area contributed by atoms with E-state index in [-0.39, 0.29) is 18.0 Å². The van der Waals surface area contributed by atoms with Crippen molar-refractivity contribution < 1.29 is 9.53 Å². The van der Waals surface area contributed by atoms with Crippen molar-refractivity contribution in [2.24, 2.45) is 0 Å². The first kappa shape index (κ1) is 18.7. The normalized spacial score (nSPS) is 19.6. The van der Waals surface area contributed by atoms with Crippen molar-refractivity contribution in [3.8, 4) is 0 Å². The largest absolute Gasteiger partial charge is 0.378 e. The minimum absolute atomic E-state index is 0.0380. The van der Waals surface area contributed by atoms with Crippen molar-refractivity contribution in [3.05, 3.63) is 71.9 Å². The van der Waals surface area contributed by atoms with Crippen LogP contribution in [-0.2, 0) is 11.3 Å². The van der Waals surface area contributed by atoms with Crippen molar-refractivity contribution in [1.29, 1.82) is 0 Å². The van der Waals surface area contributed by atoms with Gasteiger partial charge in [-0.3, -0.25) is 4.79 Å². The molecule has 0 bridgehead atoms. The number of hydrogen-bond donors (Lipinski definition) is 2. The molecule has 1 aliphatic heterocycles. The number of hydrogen-bond acceptors (Lipinski definition) is 3. The summed E-state index contributed by atoms with van der Waals surface area (Å²) in [6.45, 7) is 4.77. The molecule has 0 saturated carbocycles. The summed E-state index contributed by atoms with van der Waals surface area (Å²) in [7, 11) is 0. The molecule has 1 aliphatic rings. The van der Waals surface area contributed by atoms with Gasteiger partial charge in [0.15, 0.2) is 0 Å². The molecule has 4 rings (SSSR count). The number of ether oxygens (including phenoxy) is 1. The second-order valence-corrected chi connectivity index (χ2v) is 7.35. The highest BCUT2D eigenvalue weighted by molar-refractivity contribution is 5.98. The molecule has 0 radical (unpaired) electrons. The van der Waals surface area contributed by atoms with E-state index < -0.39 is 0 Å². The Morgan fingerprint density at radius 2 is 1.93 bits per heavy atom. The molecular weight excluding hydrogens is 350 g/mol. The lowest BCUT2D eigenvalue weighted by molar-refractivity contribution is 0.00277. The third kappa shape index (κ3) is 4.11. The Morgan fingerprint density at radius 1 is 1.14 bits per heavy atom. The summed E-state index contributed by atoms with van der Waals surface area (Å²) < 4.78 is 5.84. The zero-order valence-electron chi connectivity index (χ0n) is 16.2. The van der Waals surface area contributed by atoms with Crippen LogP contribution < -0.4 is 5.32 Å². The molecule has 5 heteroatoms. The summed E-state index contributed by atoms with van der Waals surface area (Å²) in [5.41, 5.74) is 2.89. The predicted octanol–water partition coefficient (Wildman–Crippen LogP) is 3.58. The van der Waals surface area contributed by atoms with Crippen LogP contribution in [0, 0.1) is 0 Å². The molecule has 1 unspecified atom stereocenters. The van der Waals surface area contributed by atoms with Crippen LogP contribution in [-0.4, -0.2) is 47.6 Å². The van der Waals surface area contributed by atoms with Crippen molar-refractivity contribution in [1.82, 2.24) is 15.2 Å². The van der Waals surface area contributed by atoms with Crippen LogP contribution in [0.15, 0.2) is 60.7 Å². The molecule has 2 atom stereocenters. The number of fused-ring (bicyclic) bond motifs is 1. The molecule has 1 amide bonds. The van der Waals surface area contributed by atoms with E-state index in [1.807, 2.05) is 48.2 Å². The van der Waals surface area contributed by atoms with E-state index in [1.165, 1.54) is 5.56 Å². The lowest BCUT2D eigenvalue weighted by Gasteiger charge is -2.37. The van der Waals surface area contributed by atoms with E-state index in [9.17, 15) is 4.79 Å². The Hall–Kier alpha value is -2.63. The monoisotopic (exact) mass is 377 g/mol. The Kier molecular flexibility index (Phi) is 5.74. The lowest BCUT2D eigenvalue weighted by atomic mass is 10.0. The number of amides is 1. The van der Waals surface area contributed by atoms with Crippen LogP contribution in [0.2, 0.25) is 0 Å². The number of carbonyl (C=O) groups is 1. The van der Waals surface area contributed by atoms with Gasteiger partial charge in [-0.05, 0) is 31.0 Å². The summed E-state index contributed by atoms with van der Waals surface area (Å²) in [6.07, 6.45) is 0.895. The van der Waals surface area contributed by atoms with Gasteiger partial charge in [-0.2, -0.15) is 0 Å². The van der Waals surface area contributed by atoms with Crippen LogP contribution in [0.25, 0.3) is 10.9 Å². The molecule has 2 N–H and O–H groups in total. The number of aromatic nitrogens is 1. The maximum atomic E-state index is 13.1. The molecule has 146 valence electrons. The summed E-state index contributed by atoms with van der Waals surface area (Å²) in [5, 5.41) is 4.64. The molecule has 2 aromatic carbocycles. The van der Waals surface area contributed by atoms with Gasteiger partial charge in [0, 0.05) is 30.0 Å². The minimum atomic E-state index is 0.0380. The molecule has 1 fully saturated rings. The van der Waals surface area contributed by atoms with Crippen molar-refractivity contribution >= 4 is 16.8 Å². The summed E-state index contributed by atoms with van der Waals surface area (Å²) in [4.78, 5) is 18.3. The van der Waals surface area contributed by atoms with Crippen molar-refractivity contribution in [2.45, 2.75) is 32.0 Å². The first-order valence-corrected chi connectivity index (χ1v) is 9.98. The number of H-pyrrole nitrogens is 1. The highest BCUT2D eigenvalue weighted by Gasteiger charge is 2.30. The second-order valence-electron chi connectivity index (χ2n) is 7.35. The quantitative estimate of drug-likeness (QED) is 0.690. The summed E-state index contributed by atoms with van der Waals surface area (Å²) >= 11 is 0. The van der Waals surface area contributed by atoms with Gasteiger partial charge in [0.25, 0.3) is 5.91 Å². The first-order chi connectivity index (χ1) is 13.7. The third-order valence-corrected chi connectivity index (χ3v) is 5.43. The molecule has 1 saturated heterocycles. The standard InChI is InChI=1S/C23H27N3O2/c1-2-26(23(27)22-12-18-10-6-7-11-21(18)25-22)20-13-19(15-28-16-20)24-14-17-8-4-3-5-9-17/h3-12,19-20,24-25H,2,13-16H2,1H3/t19-,20?/m0/s1. The number of benzene rings is 2. The maximum absolute atomic E-state index is 13.1. The van der Waals surface area contributed by atoms with E-state index in [1.54, 1.807) is 0 Å². The van der Waals surface area contributed by atoms with Crippen LogP contribution >= 0.6 is 0 Å². The molecule has 3 aromatic rings. The predicted molar refractivity (Wildman–Crippen MR) is 111 cm³/mol. The fourth-order valence-electron chi connectivity index (χ4n) is 3.94. The van der Waals surface area contributed by atoms with Gasteiger partial charge >= 0.3 is 0 Å². The van der Waals surface area contributed by atoms with Gasteiger partial charge in [-0.25, -0.2) is 0 Å². The number of likely N-dealkylation sites (N-methyl/N-ethyl adjacent to an activating group) is 1. The molecule has 1 aromatic heterocycles. The van der Waals surface area contributed by atoms with Gasteiger partial charge in [0.1, 0.15) is 5.69 Å². The molecule has 28 heavy (non-hydrogen) atoms. The number of aromatic amines is 1. The highest BCUT2D eigenvalue weighted by Crippen LogP contribution is 2.20. The first-order valence-electron chi connectivity index (χ1n) is 9.98. The van der Waals surface area contributed by atoms with Crippen molar-refractivity contribution in [3.63, 3.8) is 0 Å². The zero-order chi connectivity index (χ0) is 19.3. The fraction of sp³-hybridized carbons (Fsp3) is 0.348. The smallest absolute Gasteiger partial charge is 0.270 e. The molecule has 0 spiro atoms. The minimum Gasteiger partial charge on any atom is -0.378 e. The Morgan fingerprint density at radius 3 is 2.71 bits per heavy atom. The SMILES string of the molecule is CCN(C(=O)c1cc2ccccc2[nH]1)C1COC[C@@H](NCc2ccccc2)C1. The van der Waals surface area contributed by atoms with Crippen LogP contribution in [0.4, 0.5) is 0 Å². The number of carbonyl (C=O) groups excluding carboxylic acids is 1. The number of nitrogens with one attached hydrogen (secondary N) is 2. The topological polar surface area (TPSA) is 57.4 Å². The van der Waals surface area contributed by atoms with E-state index >= 15 is 0 Å². The summed E-state index contributed by atoms with van der Waals surface area (Å²) in [6, 6.07) is 20.6. The number of para-hydroxylation sites is 1. The van der Waals surface area contributed by atoms with Gasteiger partial charge in [0.05, 0.1) is 19.3 Å². The molecule has 5 nitrogen and oxygen atoms in total. The van der Waals surface area contributed by atoms with E-state index in [2.05, 4.69) is 34.6 Å². The summed E-state index contributed by atoms with van der Waals surface area (Å²) in [5.74, 6) is 0.0380. The lowest BCUT2D eigenvalue weighted by Crippen LogP contribution is -2.51. The van der Waals surface area contributed by atoms with E-state index in [0.29, 0.717) is 25.5 Å². The van der Waals surface area contributed by atoms with Crippen LogP contribution in [0.5, 0.6) is 0 Å². The van der Waals surface area contributed by atoms with Gasteiger partial charge in [-0.1, -0.05) is 48.5 Å². The molecule has 2 heterocycles. The van der Waals surface area contributed by atoms with Gasteiger partial charge in [0.2, 0.25) is 0 Å². The van der Waals surface area contributed by atoms with Crippen LogP contribution in [0.3, 0.4) is 0 Å². The fourth-order valence-corrected chi connectivity index (χ4v) is 3.94. The van der Waals surface area contributed by atoms with Gasteiger partial charge in [-0.15, -0.1) is 0 Å². The van der Waals surface area contributed by atoms with Crippen LogP contribution in [0.1, 0.15) is 29.4 Å². The van der Waals surface area contributed by atoms with Crippen molar-refractivity contribution in [2.75, 3.05) is 19.8 Å². The molecular formula is C23H27N3O2. The Balaban J connectivity index is 1.42. The number of rotatable bonds is 6. The average Bonchev–Trinajstić information content (AvgIpc) is 3.18. The third-order valence-electron chi connectivity index (χ3n) is 5.43. The average molecular weight is 377 g/mol. The highest BCUT2D eigenvalue weighted by atomic mass is 16.5. The van der Waals surface area contributed by atoms with E-state index in [4.69, 9.17) is 4.74 Å². The zero-order valence-corrected chi connectivity index (χ0v) is 16.2. The Labute approximate surface area is 165 Å². The van der Waals surface area contributed by atoms with Gasteiger partial charge < -0.3 is 19.9 Å². The number of nitrogens with zero attached hydrogens (tertiary/aromatic N) is 1. The van der Waals surface area contributed by atoms with E-state index in [0.717, 1.165) is 23.9 Å².